The summed E-state index contributed by atoms with van der Waals surface area (Å²) >= 11 is 0. The molecule has 1 N–H and O–H groups in total. The van der Waals surface area contributed by atoms with Crippen LogP contribution in [0.1, 0.15) is 24.5 Å². The number of likely N-dealkylation sites (tertiary alicyclic amines) is 1. The maximum absolute atomic E-state index is 11.6. The molecule has 0 aliphatic carbocycles. The van der Waals surface area contributed by atoms with E-state index in [1.807, 2.05) is 0 Å². The number of rotatable bonds is 4. The Kier molecular flexibility index (Phi) is 3.82. The first-order valence-corrected chi connectivity index (χ1v) is 5.74. The molecule has 0 radical (unpaired) electrons. The maximum atomic E-state index is 11.6. The molecule has 10 heteroatoms. The third-order valence-corrected chi connectivity index (χ3v) is 2.59. The molecule has 0 saturated carbocycles. The molecular formula is C10H11N5O5. The van der Waals surface area contributed by atoms with Gasteiger partial charge in [-0.1, -0.05) is 0 Å². The minimum Gasteiger partial charge on any atom is -0.450 e. The predicted octanol–water partition coefficient (Wildman–Crippen LogP) is -0.713. The number of nitrogens with zero attached hydrogens (tertiary/aromatic N) is 5. The van der Waals surface area contributed by atoms with Crippen LogP contribution in [0.4, 0.5) is 4.79 Å². The Morgan fingerprint density at radius 2 is 1.80 bits per heavy atom. The van der Waals surface area contributed by atoms with Crippen LogP contribution in [0.3, 0.4) is 0 Å². The first-order chi connectivity index (χ1) is 9.47. The fourth-order valence-electron chi connectivity index (χ4n) is 1.76. The molecule has 1 aliphatic rings. The van der Waals surface area contributed by atoms with Crippen LogP contribution in [0.15, 0.2) is 0 Å². The zero-order chi connectivity index (χ0) is 14.7. The second-order valence-corrected chi connectivity index (χ2v) is 4.06. The second kappa shape index (κ2) is 5.55. The monoisotopic (exact) mass is 281 g/mol. The van der Waals surface area contributed by atoms with Gasteiger partial charge in [-0.15, -0.1) is 20.4 Å². The van der Waals surface area contributed by atoms with E-state index in [9.17, 15) is 14.4 Å². The minimum atomic E-state index is -1.60. The zero-order valence-corrected chi connectivity index (χ0v) is 10.5. The molecule has 0 spiro atoms. The average Bonchev–Trinajstić information content (AvgIpc) is 2.70. The Morgan fingerprint density at radius 1 is 1.25 bits per heavy atom. The van der Waals surface area contributed by atoms with E-state index in [1.165, 1.54) is 0 Å². The average molecular weight is 281 g/mol. The first kappa shape index (κ1) is 13.8. The predicted molar refractivity (Wildman–Crippen MR) is 60.0 cm³/mol. The molecule has 106 valence electrons. The quantitative estimate of drug-likeness (QED) is 0.560. The molecule has 1 atom stereocenters. The van der Waals surface area contributed by atoms with E-state index in [0.717, 1.165) is 4.90 Å². The highest BCUT2D eigenvalue weighted by Crippen LogP contribution is 2.18. The smallest absolute Gasteiger partial charge is 0.450 e. The summed E-state index contributed by atoms with van der Waals surface area (Å²) in [7, 11) is 0. The Bertz CT molecular complexity index is 529. The van der Waals surface area contributed by atoms with Crippen molar-refractivity contribution in [3.63, 3.8) is 0 Å². The summed E-state index contributed by atoms with van der Waals surface area (Å²) in [5.41, 5.74) is 0. The van der Waals surface area contributed by atoms with Crippen LogP contribution < -0.4 is 0 Å². The molecule has 2 rings (SSSR count). The number of aromatic nitrogens is 4. The fourth-order valence-corrected chi connectivity index (χ4v) is 1.76. The molecule has 1 aliphatic heterocycles. The number of hydrogen-bond donors (Lipinski definition) is 1. The lowest BCUT2D eigenvalue weighted by atomic mass is 10.3. The van der Waals surface area contributed by atoms with Gasteiger partial charge in [-0.25, -0.2) is 9.69 Å². The molecular weight excluding hydrogens is 270 g/mol. The summed E-state index contributed by atoms with van der Waals surface area (Å²) in [4.78, 5) is 34.7. The molecule has 0 bridgehead atoms. The first-order valence-electron chi connectivity index (χ1n) is 5.74. The van der Waals surface area contributed by atoms with E-state index in [4.69, 9.17) is 5.11 Å². The summed E-state index contributed by atoms with van der Waals surface area (Å²) in [6, 6.07) is 0. The van der Waals surface area contributed by atoms with Crippen molar-refractivity contribution in [1.82, 2.24) is 25.3 Å². The molecule has 0 aromatic carbocycles. The van der Waals surface area contributed by atoms with Gasteiger partial charge in [0, 0.05) is 12.8 Å². The van der Waals surface area contributed by atoms with Gasteiger partial charge in [-0.05, 0) is 6.92 Å². The van der Waals surface area contributed by atoms with Crippen molar-refractivity contribution in [3.05, 3.63) is 11.6 Å². The van der Waals surface area contributed by atoms with Crippen molar-refractivity contribution in [3.8, 4) is 0 Å². The molecule has 2 heterocycles. The van der Waals surface area contributed by atoms with Gasteiger partial charge in [0.15, 0.2) is 17.9 Å². The van der Waals surface area contributed by atoms with Gasteiger partial charge in [0.1, 0.15) is 0 Å². The summed E-state index contributed by atoms with van der Waals surface area (Å²) in [6.07, 6.45) is -3.03. The van der Waals surface area contributed by atoms with Crippen LogP contribution in [0.2, 0.25) is 0 Å². The van der Waals surface area contributed by atoms with Crippen LogP contribution in [0, 0.1) is 6.92 Å². The third-order valence-electron chi connectivity index (χ3n) is 2.59. The molecule has 1 aromatic heterocycles. The van der Waals surface area contributed by atoms with Gasteiger partial charge in [0.2, 0.25) is 11.8 Å². The van der Waals surface area contributed by atoms with Gasteiger partial charge in [-0.2, -0.15) is 0 Å². The second-order valence-electron chi connectivity index (χ2n) is 4.06. The highest BCUT2D eigenvalue weighted by molar-refractivity contribution is 6.02. The molecule has 20 heavy (non-hydrogen) atoms. The number of imide groups is 1. The van der Waals surface area contributed by atoms with Crippen molar-refractivity contribution in [2.24, 2.45) is 0 Å². The van der Waals surface area contributed by atoms with Crippen molar-refractivity contribution < 1.29 is 24.2 Å². The Morgan fingerprint density at radius 3 is 2.30 bits per heavy atom. The molecule has 1 aromatic rings. The normalized spacial score (nSPS) is 16.4. The van der Waals surface area contributed by atoms with Crippen LogP contribution in [0.5, 0.6) is 0 Å². The number of carbonyl (C=O) groups is 3. The summed E-state index contributed by atoms with van der Waals surface area (Å²) in [5.74, 6) is -0.560. The van der Waals surface area contributed by atoms with Crippen molar-refractivity contribution in [2.45, 2.75) is 32.4 Å². The Labute approximate surface area is 112 Å². The van der Waals surface area contributed by atoms with Crippen molar-refractivity contribution >= 4 is 18.0 Å². The van der Waals surface area contributed by atoms with Crippen molar-refractivity contribution in [2.75, 3.05) is 0 Å². The minimum absolute atomic E-state index is 0.0313. The van der Waals surface area contributed by atoms with Gasteiger partial charge < -0.3 is 9.84 Å². The lowest BCUT2D eigenvalue weighted by Gasteiger charge is -2.23. The topological polar surface area (TPSA) is 135 Å². The van der Waals surface area contributed by atoms with Gasteiger partial charge >= 0.3 is 6.16 Å². The third kappa shape index (κ3) is 3.02. The SMILES string of the molecule is Cc1nnc(CC(OC(=O)O)N2C(=O)CCC2=O)nn1. The van der Waals surface area contributed by atoms with Crippen LogP contribution in [-0.2, 0) is 20.7 Å². The molecule has 1 unspecified atom stereocenters. The van der Waals surface area contributed by atoms with E-state index < -0.39 is 24.2 Å². The summed E-state index contributed by atoms with van der Waals surface area (Å²) < 4.78 is 4.57. The number of amides is 2. The van der Waals surface area contributed by atoms with Gasteiger partial charge in [0.25, 0.3) is 0 Å². The Hall–Kier alpha value is -2.65. The fraction of sp³-hybridized carbons (Fsp3) is 0.500. The van der Waals surface area contributed by atoms with E-state index in [-0.39, 0.29) is 25.1 Å². The lowest BCUT2D eigenvalue weighted by Crippen LogP contribution is -2.43. The molecule has 2 amide bonds. The summed E-state index contributed by atoms with van der Waals surface area (Å²) in [6.45, 7) is 1.59. The van der Waals surface area contributed by atoms with E-state index >= 15 is 0 Å². The van der Waals surface area contributed by atoms with Crippen LogP contribution in [0.25, 0.3) is 0 Å². The van der Waals surface area contributed by atoms with Crippen LogP contribution >= 0.6 is 0 Å². The highest BCUT2D eigenvalue weighted by Gasteiger charge is 2.38. The number of carboxylic acid groups (broad SMARTS) is 1. The molecule has 1 saturated heterocycles. The van der Waals surface area contributed by atoms with E-state index in [0.29, 0.717) is 5.82 Å². The van der Waals surface area contributed by atoms with Crippen molar-refractivity contribution in [1.29, 1.82) is 0 Å². The number of carbonyl (C=O) groups excluding carboxylic acids is 2. The Balaban J connectivity index is 2.19. The standard InChI is InChI=1S/C10H11N5O5/c1-5-11-13-6(14-12-5)4-9(20-10(18)19)15-7(16)2-3-8(15)17/h9H,2-4H2,1H3,(H,18,19). The van der Waals surface area contributed by atoms with E-state index in [2.05, 4.69) is 25.1 Å². The van der Waals surface area contributed by atoms with Crippen LogP contribution in [-0.4, -0.2) is 54.6 Å². The van der Waals surface area contributed by atoms with E-state index in [1.54, 1.807) is 6.92 Å². The number of hydrogen-bond acceptors (Lipinski definition) is 8. The van der Waals surface area contributed by atoms with Gasteiger partial charge in [-0.3, -0.25) is 9.59 Å². The van der Waals surface area contributed by atoms with Gasteiger partial charge in [0.05, 0.1) is 6.42 Å². The highest BCUT2D eigenvalue weighted by atomic mass is 16.7. The number of aryl methyl sites for hydroxylation is 1. The summed E-state index contributed by atoms with van der Waals surface area (Å²) in [5, 5.41) is 23.4. The molecule has 1 fully saturated rings. The number of ether oxygens (including phenoxy) is 1. The lowest BCUT2D eigenvalue weighted by molar-refractivity contribution is -0.150. The zero-order valence-electron chi connectivity index (χ0n) is 10.5. The largest absolute Gasteiger partial charge is 0.507 e. The maximum Gasteiger partial charge on any atom is 0.507 e. The molecule has 10 nitrogen and oxygen atoms in total.